The number of hydrogen-bond acceptors (Lipinski definition) is 4. The van der Waals surface area contributed by atoms with Crippen molar-refractivity contribution in [2.45, 2.75) is 6.42 Å². The molecule has 0 saturated heterocycles. The zero-order chi connectivity index (χ0) is 20.9. The summed E-state index contributed by atoms with van der Waals surface area (Å²) >= 11 is 0. The van der Waals surface area contributed by atoms with Crippen molar-refractivity contribution in [1.82, 2.24) is 0 Å². The summed E-state index contributed by atoms with van der Waals surface area (Å²) in [5.74, 6) is 0.0466. The molecule has 0 aromatic heterocycles. The first-order valence-electron chi connectivity index (χ1n) is 9.58. The number of benzene rings is 3. The number of nitriles is 1. The average molecular weight is 397 g/mol. The summed E-state index contributed by atoms with van der Waals surface area (Å²) in [6.45, 7) is 0. The number of ether oxygens (including phenoxy) is 1. The van der Waals surface area contributed by atoms with Crippen LogP contribution in [-0.4, -0.2) is 11.8 Å². The maximum absolute atomic E-state index is 12.6. The van der Waals surface area contributed by atoms with Gasteiger partial charge in [0, 0.05) is 5.69 Å². The third kappa shape index (κ3) is 4.47. The summed E-state index contributed by atoms with van der Waals surface area (Å²) in [5, 5.41) is 14.5. The maximum Gasteiger partial charge on any atom is 0.228 e. The number of hydrogen-bond donors (Lipinski definition) is 2. The molecule has 0 spiro atoms. The molecular weight excluding hydrogens is 378 g/mol. The molecule has 1 fully saturated rings. The summed E-state index contributed by atoms with van der Waals surface area (Å²) in [4.78, 5) is 25.1. The van der Waals surface area contributed by atoms with E-state index in [2.05, 4.69) is 10.6 Å². The number of carbonyl (C=O) groups excluding carboxylic acids is 2. The van der Waals surface area contributed by atoms with E-state index in [1.807, 2.05) is 48.5 Å². The summed E-state index contributed by atoms with van der Waals surface area (Å²) < 4.78 is 5.87. The number of rotatable bonds is 6. The lowest BCUT2D eigenvalue weighted by Crippen LogP contribution is -2.20. The molecule has 3 aromatic carbocycles. The highest BCUT2D eigenvalue weighted by atomic mass is 16.5. The molecule has 3 aromatic rings. The lowest BCUT2D eigenvalue weighted by atomic mass is 10.2. The van der Waals surface area contributed by atoms with E-state index in [0.29, 0.717) is 34.9 Å². The minimum absolute atomic E-state index is 0.200. The van der Waals surface area contributed by atoms with Gasteiger partial charge in [0.1, 0.15) is 5.75 Å². The Morgan fingerprint density at radius 2 is 1.47 bits per heavy atom. The van der Waals surface area contributed by atoms with Crippen LogP contribution in [0.15, 0.2) is 78.9 Å². The highest BCUT2D eigenvalue weighted by Crippen LogP contribution is 2.41. The van der Waals surface area contributed by atoms with Crippen LogP contribution in [0, 0.1) is 23.2 Å². The van der Waals surface area contributed by atoms with Crippen LogP contribution in [0.5, 0.6) is 11.5 Å². The molecule has 2 N–H and O–H groups in total. The highest BCUT2D eigenvalue weighted by Gasteiger charge is 2.48. The molecule has 1 aliphatic rings. The normalized spacial score (nSPS) is 16.8. The van der Waals surface area contributed by atoms with E-state index in [1.165, 1.54) is 0 Å². The highest BCUT2D eigenvalue weighted by molar-refractivity contribution is 6.03. The smallest absolute Gasteiger partial charge is 0.228 e. The molecule has 2 atom stereocenters. The largest absolute Gasteiger partial charge is 0.455 e. The first kappa shape index (κ1) is 19.2. The van der Waals surface area contributed by atoms with Crippen LogP contribution in [-0.2, 0) is 9.59 Å². The zero-order valence-corrected chi connectivity index (χ0v) is 16.0. The fourth-order valence-corrected chi connectivity index (χ4v) is 3.14. The lowest BCUT2D eigenvalue weighted by molar-refractivity contribution is -0.122. The van der Waals surface area contributed by atoms with Crippen molar-refractivity contribution in [2.24, 2.45) is 11.8 Å². The van der Waals surface area contributed by atoms with Crippen LogP contribution in [0.25, 0.3) is 0 Å². The second-order valence-corrected chi connectivity index (χ2v) is 7.03. The van der Waals surface area contributed by atoms with Gasteiger partial charge in [0.15, 0.2) is 5.75 Å². The van der Waals surface area contributed by atoms with E-state index in [1.54, 1.807) is 36.4 Å². The molecule has 30 heavy (non-hydrogen) atoms. The summed E-state index contributed by atoms with van der Waals surface area (Å²) in [5.41, 5.74) is 1.68. The van der Waals surface area contributed by atoms with Gasteiger partial charge in [-0.05, 0) is 55.0 Å². The third-order valence-corrected chi connectivity index (χ3v) is 4.86. The molecular formula is C24H19N3O3. The second-order valence-electron chi connectivity index (χ2n) is 7.03. The average Bonchev–Trinajstić information content (AvgIpc) is 3.58. The van der Waals surface area contributed by atoms with Gasteiger partial charge in [-0.2, -0.15) is 5.26 Å². The van der Waals surface area contributed by atoms with Crippen molar-refractivity contribution in [1.29, 1.82) is 5.26 Å². The van der Waals surface area contributed by atoms with Crippen LogP contribution < -0.4 is 15.4 Å². The molecule has 0 aliphatic heterocycles. The predicted molar refractivity (Wildman–Crippen MR) is 113 cm³/mol. The monoisotopic (exact) mass is 397 g/mol. The van der Waals surface area contributed by atoms with E-state index in [-0.39, 0.29) is 23.7 Å². The van der Waals surface area contributed by atoms with Crippen molar-refractivity contribution in [2.75, 3.05) is 10.6 Å². The fourth-order valence-electron chi connectivity index (χ4n) is 3.14. The van der Waals surface area contributed by atoms with Gasteiger partial charge >= 0.3 is 0 Å². The van der Waals surface area contributed by atoms with Crippen molar-refractivity contribution >= 4 is 23.2 Å². The first-order chi connectivity index (χ1) is 14.6. The molecule has 1 saturated carbocycles. The molecule has 0 bridgehead atoms. The first-order valence-corrected chi connectivity index (χ1v) is 9.58. The molecule has 6 heteroatoms. The Kier molecular flexibility index (Phi) is 5.44. The Hall–Kier alpha value is -4.11. The Morgan fingerprint density at radius 3 is 2.17 bits per heavy atom. The van der Waals surface area contributed by atoms with Crippen molar-refractivity contribution in [3.63, 3.8) is 0 Å². The van der Waals surface area contributed by atoms with E-state index in [9.17, 15) is 9.59 Å². The van der Waals surface area contributed by atoms with E-state index in [4.69, 9.17) is 10.00 Å². The van der Waals surface area contributed by atoms with Gasteiger partial charge in [0.2, 0.25) is 11.8 Å². The van der Waals surface area contributed by atoms with Gasteiger partial charge in [0.05, 0.1) is 29.2 Å². The molecule has 4 rings (SSSR count). The third-order valence-electron chi connectivity index (χ3n) is 4.86. The SMILES string of the molecule is N#Cc1ccc(NC(=O)C2CC2C(=O)Nc2ccccc2Oc2ccccc2)cc1. The van der Waals surface area contributed by atoms with Gasteiger partial charge in [-0.25, -0.2) is 0 Å². The predicted octanol–water partition coefficient (Wildman–Crippen LogP) is 4.56. The van der Waals surface area contributed by atoms with Gasteiger partial charge in [-0.3, -0.25) is 9.59 Å². The number of para-hydroxylation sites is 3. The fraction of sp³-hybridized carbons (Fsp3) is 0.125. The van der Waals surface area contributed by atoms with Gasteiger partial charge < -0.3 is 15.4 Å². The standard InChI is InChI=1S/C24H19N3O3/c25-15-16-10-12-17(13-11-16)26-23(28)19-14-20(19)24(29)27-21-8-4-5-9-22(21)30-18-6-2-1-3-7-18/h1-13,19-20H,14H2,(H,26,28)(H,27,29). The van der Waals surface area contributed by atoms with Crippen LogP contribution in [0.1, 0.15) is 12.0 Å². The Labute approximate surface area is 174 Å². The van der Waals surface area contributed by atoms with Crippen LogP contribution >= 0.6 is 0 Å². The Morgan fingerprint density at radius 1 is 0.833 bits per heavy atom. The molecule has 6 nitrogen and oxygen atoms in total. The summed E-state index contributed by atoms with van der Waals surface area (Å²) in [6.07, 6.45) is 0.496. The van der Waals surface area contributed by atoms with Gasteiger partial charge in [-0.1, -0.05) is 30.3 Å². The molecule has 0 radical (unpaired) electrons. The zero-order valence-electron chi connectivity index (χ0n) is 16.0. The second kappa shape index (κ2) is 8.50. The van der Waals surface area contributed by atoms with Crippen LogP contribution in [0.4, 0.5) is 11.4 Å². The van der Waals surface area contributed by atoms with E-state index < -0.39 is 0 Å². The number of nitrogens with zero attached hydrogens (tertiary/aromatic N) is 1. The maximum atomic E-state index is 12.6. The summed E-state index contributed by atoms with van der Waals surface area (Å²) in [6, 6.07) is 25.2. The lowest BCUT2D eigenvalue weighted by Gasteiger charge is -2.12. The van der Waals surface area contributed by atoms with Crippen molar-refractivity contribution in [3.05, 3.63) is 84.4 Å². The quantitative estimate of drug-likeness (QED) is 0.638. The number of amides is 2. The van der Waals surface area contributed by atoms with Crippen molar-refractivity contribution < 1.29 is 14.3 Å². The number of nitrogens with one attached hydrogen (secondary N) is 2. The number of carbonyl (C=O) groups is 2. The summed E-state index contributed by atoms with van der Waals surface area (Å²) in [7, 11) is 0. The molecule has 1 aliphatic carbocycles. The van der Waals surface area contributed by atoms with Gasteiger partial charge in [0.25, 0.3) is 0 Å². The Balaban J connectivity index is 1.36. The molecule has 148 valence electrons. The minimum Gasteiger partial charge on any atom is -0.455 e. The Bertz CT molecular complexity index is 1100. The van der Waals surface area contributed by atoms with Crippen LogP contribution in [0.2, 0.25) is 0 Å². The van der Waals surface area contributed by atoms with E-state index >= 15 is 0 Å². The topological polar surface area (TPSA) is 91.2 Å². The molecule has 2 unspecified atom stereocenters. The van der Waals surface area contributed by atoms with Gasteiger partial charge in [-0.15, -0.1) is 0 Å². The van der Waals surface area contributed by atoms with Crippen molar-refractivity contribution in [3.8, 4) is 17.6 Å². The van der Waals surface area contributed by atoms with Crippen LogP contribution in [0.3, 0.4) is 0 Å². The number of anilines is 2. The molecule has 0 heterocycles. The minimum atomic E-state index is -0.381. The van der Waals surface area contributed by atoms with E-state index in [0.717, 1.165) is 0 Å². The molecule has 2 amide bonds.